The summed E-state index contributed by atoms with van der Waals surface area (Å²) in [4.78, 5) is 12.2. The summed E-state index contributed by atoms with van der Waals surface area (Å²) >= 11 is 0. The maximum Gasteiger partial charge on any atom is 0.338 e. The van der Waals surface area contributed by atoms with E-state index in [4.69, 9.17) is 4.74 Å². The third-order valence-electron chi connectivity index (χ3n) is 5.38. The molecule has 1 aliphatic rings. The summed E-state index contributed by atoms with van der Waals surface area (Å²) in [6.45, 7) is 8.63. The molecular weight excluding hydrogens is 296 g/mol. The first-order valence-corrected chi connectivity index (χ1v) is 9.02. The number of ether oxygens (including phenoxy) is 1. The number of esters is 1. The highest BCUT2D eigenvalue weighted by Gasteiger charge is 2.28. The lowest BCUT2D eigenvalue weighted by Crippen LogP contribution is -2.23. The molecule has 0 spiro atoms. The molecule has 0 heterocycles. The second kappa shape index (κ2) is 7.83. The zero-order valence-electron chi connectivity index (χ0n) is 15.7. The van der Waals surface area contributed by atoms with Gasteiger partial charge in [0, 0.05) is 0 Å². The minimum Gasteiger partial charge on any atom is -0.465 e. The van der Waals surface area contributed by atoms with Gasteiger partial charge in [0.25, 0.3) is 0 Å². The topological polar surface area (TPSA) is 26.3 Å². The molecule has 0 aliphatic heterocycles. The van der Waals surface area contributed by atoms with Gasteiger partial charge in [-0.25, -0.2) is 4.79 Å². The third kappa shape index (κ3) is 3.63. The van der Waals surface area contributed by atoms with Crippen molar-refractivity contribution in [3.8, 4) is 0 Å². The zero-order valence-corrected chi connectivity index (χ0v) is 15.7. The second-order valence-corrected chi connectivity index (χ2v) is 6.94. The van der Waals surface area contributed by atoms with Crippen molar-refractivity contribution < 1.29 is 9.53 Å². The normalized spacial score (nSPS) is 19.5. The third-order valence-corrected chi connectivity index (χ3v) is 5.38. The van der Waals surface area contributed by atoms with Crippen molar-refractivity contribution in [3.05, 3.63) is 58.2 Å². The van der Waals surface area contributed by atoms with Gasteiger partial charge in [-0.05, 0) is 73.3 Å². The first-order chi connectivity index (χ1) is 11.5. The summed E-state index contributed by atoms with van der Waals surface area (Å²) in [7, 11) is 1.46. The maximum atomic E-state index is 12.2. The Balaban J connectivity index is 2.50. The Hall–Kier alpha value is -1.83. The zero-order chi connectivity index (χ0) is 17.7. The molecular formula is C22H30O2. The molecule has 2 heteroatoms. The summed E-state index contributed by atoms with van der Waals surface area (Å²) in [5.41, 5.74) is 5.86. The molecule has 1 atom stereocenters. The molecule has 24 heavy (non-hydrogen) atoms. The van der Waals surface area contributed by atoms with Crippen molar-refractivity contribution in [2.24, 2.45) is 5.41 Å². The van der Waals surface area contributed by atoms with E-state index in [9.17, 15) is 4.79 Å². The lowest BCUT2D eigenvalue weighted by Gasteiger charge is -2.32. The van der Waals surface area contributed by atoms with Gasteiger partial charge in [0.15, 0.2) is 0 Å². The monoisotopic (exact) mass is 326 g/mol. The molecule has 1 unspecified atom stereocenters. The van der Waals surface area contributed by atoms with Crippen molar-refractivity contribution in [2.45, 2.75) is 59.8 Å². The Labute approximate surface area is 146 Å². The molecule has 0 radical (unpaired) electrons. The lowest BCUT2D eigenvalue weighted by atomic mass is 9.72. The van der Waals surface area contributed by atoms with Crippen molar-refractivity contribution in [2.75, 3.05) is 7.11 Å². The molecule has 1 aromatic rings. The molecule has 0 amide bonds. The number of carbonyl (C=O) groups excluding carboxylic acids is 1. The van der Waals surface area contributed by atoms with Crippen LogP contribution in [-0.2, 0) is 17.6 Å². The summed E-state index contributed by atoms with van der Waals surface area (Å²) in [5, 5.41) is 0. The second-order valence-electron chi connectivity index (χ2n) is 6.94. The minimum atomic E-state index is -0.230. The highest BCUT2D eigenvalue weighted by molar-refractivity contribution is 5.92. The average Bonchev–Trinajstić information content (AvgIpc) is 2.58. The molecule has 1 aromatic carbocycles. The van der Waals surface area contributed by atoms with E-state index in [0.29, 0.717) is 0 Å². The van der Waals surface area contributed by atoms with E-state index in [-0.39, 0.29) is 11.4 Å². The van der Waals surface area contributed by atoms with Gasteiger partial charge < -0.3 is 4.74 Å². The summed E-state index contributed by atoms with van der Waals surface area (Å²) in [5.74, 6) is -0.230. The largest absolute Gasteiger partial charge is 0.465 e. The summed E-state index contributed by atoms with van der Waals surface area (Å²) in [6.07, 6.45) is 14.2. The Kier molecular flexibility index (Phi) is 6.04. The summed E-state index contributed by atoms with van der Waals surface area (Å²) < 4.78 is 5.01. The van der Waals surface area contributed by atoms with Crippen LogP contribution in [0.25, 0.3) is 0 Å². The van der Waals surface area contributed by atoms with Crippen molar-refractivity contribution in [1.29, 1.82) is 0 Å². The van der Waals surface area contributed by atoms with Crippen LogP contribution in [0.4, 0.5) is 0 Å². The SMILES string of the molecule is CCCC1(Cc2cc(C(=O)OC)c(C)c(CC)c2C)C=CC=CC1. The Bertz CT molecular complexity index is 667. The number of methoxy groups -OCH3 is 1. The Morgan fingerprint density at radius 3 is 2.50 bits per heavy atom. The molecule has 0 bridgehead atoms. The predicted octanol–water partition coefficient (Wildman–Crippen LogP) is 5.50. The van der Waals surface area contributed by atoms with Crippen LogP contribution in [0.3, 0.4) is 0 Å². The van der Waals surface area contributed by atoms with Crippen LogP contribution in [0.15, 0.2) is 30.4 Å². The van der Waals surface area contributed by atoms with Gasteiger partial charge in [-0.15, -0.1) is 0 Å². The molecule has 1 aliphatic carbocycles. The van der Waals surface area contributed by atoms with Crippen LogP contribution >= 0.6 is 0 Å². The number of hydrogen-bond acceptors (Lipinski definition) is 2. The molecule has 0 fully saturated rings. The van der Waals surface area contributed by atoms with Gasteiger partial charge in [0.1, 0.15) is 0 Å². The highest BCUT2D eigenvalue weighted by atomic mass is 16.5. The van der Waals surface area contributed by atoms with E-state index in [2.05, 4.69) is 51.1 Å². The van der Waals surface area contributed by atoms with E-state index in [1.807, 2.05) is 6.92 Å². The van der Waals surface area contributed by atoms with Crippen molar-refractivity contribution >= 4 is 5.97 Å². The van der Waals surface area contributed by atoms with E-state index in [1.54, 1.807) is 0 Å². The van der Waals surface area contributed by atoms with E-state index in [0.717, 1.165) is 43.2 Å². The number of hydrogen-bond donors (Lipinski definition) is 0. The Morgan fingerprint density at radius 2 is 1.96 bits per heavy atom. The smallest absolute Gasteiger partial charge is 0.338 e. The number of rotatable bonds is 6. The predicted molar refractivity (Wildman–Crippen MR) is 101 cm³/mol. The van der Waals surface area contributed by atoms with Gasteiger partial charge in [0.2, 0.25) is 0 Å². The van der Waals surface area contributed by atoms with Gasteiger partial charge >= 0.3 is 5.97 Å². The fourth-order valence-electron chi connectivity index (χ4n) is 4.06. The molecule has 0 saturated carbocycles. The molecule has 0 saturated heterocycles. The molecule has 2 nitrogen and oxygen atoms in total. The van der Waals surface area contributed by atoms with Crippen LogP contribution in [0, 0.1) is 19.3 Å². The van der Waals surface area contributed by atoms with Gasteiger partial charge in [-0.2, -0.15) is 0 Å². The maximum absolute atomic E-state index is 12.2. The van der Waals surface area contributed by atoms with E-state index < -0.39 is 0 Å². The minimum absolute atomic E-state index is 0.169. The van der Waals surface area contributed by atoms with E-state index >= 15 is 0 Å². The first kappa shape index (κ1) is 18.5. The van der Waals surface area contributed by atoms with Gasteiger partial charge in [0.05, 0.1) is 12.7 Å². The van der Waals surface area contributed by atoms with Crippen LogP contribution in [0.5, 0.6) is 0 Å². The molecule has 0 N–H and O–H groups in total. The summed E-state index contributed by atoms with van der Waals surface area (Å²) in [6, 6.07) is 2.07. The first-order valence-electron chi connectivity index (χ1n) is 9.02. The fraction of sp³-hybridized carbons (Fsp3) is 0.500. The number of benzene rings is 1. The highest BCUT2D eigenvalue weighted by Crippen LogP contribution is 2.38. The number of carbonyl (C=O) groups is 1. The van der Waals surface area contributed by atoms with Crippen LogP contribution in [0.1, 0.15) is 65.7 Å². The van der Waals surface area contributed by atoms with Crippen molar-refractivity contribution in [1.82, 2.24) is 0 Å². The van der Waals surface area contributed by atoms with Gasteiger partial charge in [-0.3, -0.25) is 0 Å². The average molecular weight is 326 g/mol. The fourth-order valence-corrected chi connectivity index (χ4v) is 4.06. The molecule has 2 rings (SSSR count). The van der Waals surface area contributed by atoms with Crippen LogP contribution in [0.2, 0.25) is 0 Å². The van der Waals surface area contributed by atoms with Crippen molar-refractivity contribution in [3.63, 3.8) is 0 Å². The molecule has 0 aromatic heterocycles. The van der Waals surface area contributed by atoms with Crippen LogP contribution in [-0.4, -0.2) is 13.1 Å². The Morgan fingerprint density at radius 1 is 1.21 bits per heavy atom. The van der Waals surface area contributed by atoms with Gasteiger partial charge in [-0.1, -0.05) is 44.6 Å². The lowest BCUT2D eigenvalue weighted by molar-refractivity contribution is 0.0599. The standard InChI is InChI=1S/C22H30O2/c1-6-11-22(12-9-8-10-13-22)15-18-14-20(21(23)24-5)17(4)19(7-2)16(18)3/h8-10,12,14H,6-7,11,13,15H2,1-5H3. The van der Waals surface area contributed by atoms with Crippen LogP contribution < -0.4 is 0 Å². The quantitative estimate of drug-likeness (QED) is 0.645. The number of allylic oxidation sites excluding steroid dienone is 4. The molecule has 130 valence electrons. The van der Waals surface area contributed by atoms with E-state index in [1.165, 1.54) is 23.8 Å².